The summed E-state index contributed by atoms with van der Waals surface area (Å²) in [6, 6.07) is 22.7. The standard InChI is InChI=1S/C26H19ClN4O3/c1-34-19-12-6-16(7-13-19)15-29-26(33)22(14-28)23-20-4-2-3-5-21(20)24(30-23)31-25(32)17-8-10-18(27)11-9-17/h2-13H,15H2,1H3,(H,29,33)(H,30,31,32)/b23-22-. The quantitative estimate of drug-likeness (QED) is 0.433. The molecule has 0 saturated heterocycles. The first-order valence-electron chi connectivity index (χ1n) is 10.3. The first-order chi connectivity index (χ1) is 16.5. The lowest BCUT2D eigenvalue weighted by atomic mass is 10.0. The third kappa shape index (κ3) is 4.82. The first-order valence-corrected chi connectivity index (χ1v) is 10.7. The highest BCUT2D eigenvalue weighted by molar-refractivity contribution is 6.30. The second-order valence-electron chi connectivity index (χ2n) is 7.33. The third-order valence-electron chi connectivity index (χ3n) is 5.19. The van der Waals surface area contributed by atoms with Gasteiger partial charge in [0.25, 0.3) is 11.8 Å². The SMILES string of the molecule is COc1ccc(CNC(=O)/C(C#N)=C2\N=C(NC(=O)c3ccc(Cl)cc3)c3ccccc32)cc1. The molecule has 1 heterocycles. The second-order valence-corrected chi connectivity index (χ2v) is 7.77. The van der Waals surface area contributed by atoms with Crippen LogP contribution in [0.3, 0.4) is 0 Å². The fraction of sp³-hybridized carbons (Fsp3) is 0.0769. The molecule has 0 aromatic heterocycles. The monoisotopic (exact) mass is 470 g/mol. The summed E-state index contributed by atoms with van der Waals surface area (Å²) in [5.74, 6) is 0.0346. The van der Waals surface area contributed by atoms with Gasteiger partial charge in [-0.3, -0.25) is 9.59 Å². The molecule has 8 heteroatoms. The Labute approximate surface area is 201 Å². The molecule has 3 aromatic carbocycles. The molecule has 168 valence electrons. The number of nitrogens with one attached hydrogen (secondary N) is 2. The number of hydrogen-bond acceptors (Lipinski definition) is 5. The van der Waals surface area contributed by atoms with Crippen molar-refractivity contribution in [2.75, 3.05) is 7.11 Å². The maximum Gasteiger partial charge on any atom is 0.264 e. The molecule has 7 nitrogen and oxygen atoms in total. The van der Waals surface area contributed by atoms with Crippen molar-refractivity contribution in [3.05, 3.63) is 106 Å². The maximum atomic E-state index is 12.9. The number of nitriles is 1. The molecule has 34 heavy (non-hydrogen) atoms. The number of fused-ring (bicyclic) bond motifs is 1. The average Bonchev–Trinajstić information content (AvgIpc) is 3.22. The van der Waals surface area contributed by atoms with Crippen LogP contribution < -0.4 is 15.4 Å². The van der Waals surface area contributed by atoms with Gasteiger partial charge in [0.2, 0.25) is 0 Å². The Morgan fingerprint density at radius 2 is 1.68 bits per heavy atom. The minimum absolute atomic E-state index is 0.142. The van der Waals surface area contributed by atoms with Crippen LogP contribution in [0.15, 0.2) is 83.4 Å². The van der Waals surface area contributed by atoms with Crippen LogP contribution in [-0.4, -0.2) is 24.8 Å². The van der Waals surface area contributed by atoms with E-state index in [4.69, 9.17) is 16.3 Å². The van der Waals surface area contributed by atoms with E-state index in [1.165, 1.54) is 0 Å². The van der Waals surface area contributed by atoms with Crippen molar-refractivity contribution in [2.24, 2.45) is 4.99 Å². The number of aliphatic imine (C=N–C) groups is 1. The van der Waals surface area contributed by atoms with Gasteiger partial charge in [0, 0.05) is 28.3 Å². The molecule has 0 aliphatic carbocycles. The van der Waals surface area contributed by atoms with E-state index >= 15 is 0 Å². The molecule has 4 rings (SSSR count). The highest BCUT2D eigenvalue weighted by atomic mass is 35.5. The van der Waals surface area contributed by atoms with Crippen LogP contribution in [0.5, 0.6) is 5.75 Å². The summed E-state index contributed by atoms with van der Waals surface area (Å²) in [6.07, 6.45) is 0. The molecule has 0 bridgehead atoms. The Balaban J connectivity index is 1.59. The fourth-order valence-corrected chi connectivity index (χ4v) is 3.55. The van der Waals surface area contributed by atoms with Crippen LogP contribution in [-0.2, 0) is 11.3 Å². The zero-order valence-electron chi connectivity index (χ0n) is 18.1. The van der Waals surface area contributed by atoms with Crippen LogP contribution >= 0.6 is 11.6 Å². The molecule has 0 unspecified atom stereocenters. The van der Waals surface area contributed by atoms with E-state index in [1.807, 2.05) is 18.2 Å². The largest absolute Gasteiger partial charge is 0.497 e. The molecule has 0 atom stereocenters. The zero-order valence-corrected chi connectivity index (χ0v) is 18.9. The number of nitrogens with zero attached hydrogens (tertiary/aromatic N) is 2. The van der Waals surface area contributed by atoms with E-state index in [9.17, 15) is 14.9 Å². The topological polar surface area (TPSA) is 104 Å². The van der Waals surface area contributed by atoms with Gasteiger partial charge in [-0.2, -0.15) is 5.26 Å². The number of halogens is 1. The molecule has 2 N–H and O–H groups in total. The lowest BCUT2D eigenvalue weighted by Gasteiger charge is -2.07. The number of ether oxygens (including phenoxy) is 1. The first kappa shape index (κ1) is 22.8. The van der Waals surface area contributed by atoms with E-state index in [2.05, 4.69) is 15.6 Å². The molecule has 2 amide bonds. The number of rotatable bonds is 5. The van der Waals surface area contributed by atoms with Crippen LogP contribution in [0.4, 0.5) is 0 Å². The highest BCUT2D eigenvalue weighted by Gasteiger charge is 2.27. The van der Waals surface area contributed by atoms with Crippen molar-refractivity contribution in [1.29, 1.82) is 5.26 Å². The minimum atomic E-state index is -0.558. The third-order valence-corrected chi connectivity index (χ3v) is 5.44. The van der Waals surface area contributed by atoms with Crippen molar-refractivity contribution < 1.29 is 14.3 Å². The Morgan fingerprint density at radius 1 is 1.00 bits per heavy atom. The average molecular weight is 471 g/mol. The van der Waals surface area contributed by atoms with Crippen molar-refractivity contribution in [2.45, 2.75) is 6.54 Å². The number of benzene rings is 3. The predicted octanol–water partition coefficient (Wildman–Crippen LogP) is 4.09. The number of carbonyl (C=O) groups excluding carboxylic acids is 2. The molecule has 0 fully saturated rings. The van der Waals surface area contributed by atoms with Gasteiger partial charge in [0.15, 0.2) is 0 Å². The molecule has 0 spiro atoms. The molecular weight excluding hydrogens is 452 g/mol. The van der Waals surface area contributed by atoms with Gasteiger partial charge in [0.1, 0.15) is 23.2 Å². The van der Waals surface area contributed by atoms with Gasteiger partial charge >= 0.3 is 0 Å². The minimum Gasteiger partial charge on any atom is -0.497 e. The fourth-order valence-electron chi connectivity index (χ4n) is 3.42. The van der Waals surface area contributed by atoms with Gasteiger partial charge in [0.05, 0.1) is 12.8 Å². The van der Waals surface area contributed by atoms with E-state index in [0.717, 1.165) is 5.56 Å². The summed E-state index contributed by atoms with van der Waals surface area (Å²) in [5, 5.41) is 15.8. The zero-order chi connectivity index (χ0) is 24.1. The predicted molar refractivity (Wildman–Crippen MR) is 129 cm³/mol. The lowest BCUT2D eigenvalue weighted by molar-refractivity contribution is -0.117. The molecule has 1 aliphatic rings. The van der Waals surface area contributed by atoms with Crippen molar-refractivity contribution in [3.63, 3.8) is 0 Å². The Bertz CT molecular complexity index is 1350. The Morgan fingerprint density at radius 3 is 2.32 bits per heavy atom. The maximum absolute atomic E-state index is 12.9. The smallest absolute Gasteiger partial charge is 0.264 e. The highest BCUT2D eigenvalue weighted by Crippen LogP contribution is 2.30. The van der Waals surface area contributed by atoms with E-state index in [-0.39, 0.29) is 29.6 Å². The summed E-state index contributed by atoms with van der Waals surface area (Å²) < 4.78 is 5.13. The second kappa shape index (κ2) is 10.0. The molecular formula is C26H19ClN4O3. The number of hydrogen-bond donors (Lipinski definition) is 2. The normalized spacial score (nSPS) is 13.3. The Hall–Kier alpha value is -4.41. The van der Waals surface area contributed by atoms with Crippen molar-refractivity contribution in [3.8, 4) is 11.8 Å². The number of carbonyl (C=O) groups is 2. The summed E-state index contributed by atoms with van der Waals surface area (Å²) in [7, 11) is 1.58. The van der Waals surface area contributed by atoms with E-state index in [0.29, 0.717) is 27.5 Å². The van der Waals surface area contributed by atoms with Crippen LogP contribution in [0.2, 0.25) is 5.02 Å². The van der Waals surface area contributed by atoms with Gasteiger partial charge in [-0.05, 0) is 42.0 Å². The number of amidine groups is 1. The van der Waals surface area contributed by atoms with E-state index in [1.54, 1.807) is 67.8 Å². The summed E-state index contributed by atoms with van der Waals surface area (Å²) >= 11 is 5.90. The summed E-state index contributed by atoms with van der Waals surface area (Å²) in [6.45, 7) is 0.229. The molecule has 1 aliphatic heterocycles. The van der Waals surface area contributed by atoms with Gasteiger partial charge in [-0.25, -0.2) is 4.99 Å². The Kier molecular flexibility index (Phi) is 6.72. The number of methoxy groups -OCH3 is 1. The van der Waals surface area contributed by atoms with E-state index < -0.39 is 5.91 Å². The lowest BCUT2D eigenvalue weighted by Crippen LogP contribution is -2.30. The molecule has 3 aromatic rings. The summed E-state index contributed by atoms with van der Waals surface area (Å²) in [4.78, 5) is 30.0. The van der Waals surface area contributed by atoms with Crippen molar-refractivity contribution >= 4 is 34.9 Å². The molecule has 0 saturated carbocycles. The summed E-state index contributed by atoms with van der Waals surface area (Å²) in [5.41, 5.74) is 2.52. The van der Waals surface area contributed by atoms with Gasteiger partial charge in [-0.1, -0.05) is 48.0 Å². The van der Waals surface area contributed by atoms with Gasteiger partial charge < -0.3 is 15.4 Å². The number of amides is 2. The molecule has 0 radical (unpaired) electrons. The van der Waals surface area contributed by atoms with Gasteiger partial charge in [-0.15, -0.1) is 0 Å². The van der Waals surface area contributed by atoms with Crippen LogP contribution in [0.25, 0.3) is 5.70 Å². The van der Waals surface area contributed by atoms with Crippen molar-refractivity contribution in [1.82, 2.24) is 10.6 Å². The van der Waals surface area contributed by atoms with Crippen LogP contribution in [0, 0.1) is 11.3 Å². The van der Waals surface area contributed by atoms with Crippen LogP contribution in [0.1, 0.15) is 27.0 Å².